The van der Waals surface area contributed by atoms with E-state index in [4.69, 9.17) is 11.6 Å². The lowest BCUT2D eigenvalue weighted by molar-refractivity contribution is -0.130. The Hall–Kier alpha value is -0.700. The number of halogens is 1. The number of rotatable bonds is 2. The van der Waals surface area contributed by atoms with E-state index < -0.39 is 10.0 Å². The molecule has 0 aliphatic carbocycles. The lowest BCUT2D eigenvalue weighted by Gasteiger charge is -2.18. The Kier molecular flexibility index (Phi) is 4.21. The number of nitrogens with one attached hydrogen (secondary N) is 1. The molecule has 18 heavy (non-hydrogen) atoms. The third kappa shape index (κ3) is 3.64. The predicted molar refractivity (Wildman–Crippen MR) is 69.2 cm³/mol. The Morgan fingerprint density at radius 2 is 2.33 bits per heavy atom. The highest BCUT2D eigenvalue weighted by Crippen LogP contribution is 2.19. The third-order valence-electron chi connectivity index (χ3n) is 2.51. The zero-order valence-electron chi connectivity index (χ0n) is 9.43. The first kappa shape index (κ1) is 13.7. The average molecular weight is 310 g/mol. The second-order valence-electron chi connectivity index (χ2n) is 3.83. The normalized spacial score (nSPS) is 19.5. The van der Waals surface area contributed by atoms with E-state index in [1.54, 1.807) is 0 Å². The van der Waals surface area contributed by atoms with Crippen LogP contribution in [0.4, 0.5) is 0 Å². The number of sulfonamides is 1. The lowest BCUT2D eigenvalue weighted by Crippen LogP contribution is -2.35. The summed E-state index contributed by atoms with van der Waals surface area (Å²) < 4.78 is 25.6. The summed E-state index contributed by atoms with van der Waals surface area (Å²) in [5, 5.41) is 0.644. The first-order valence-corrected chi connectivity index (χ1v) is 8.16. The number of aromatic nitrogens is 1. The van der Waals surface area contributed by atoms with Gasteiger partial charge in [-0.2, -0.15) is 0 Å². The maximum atomic E-state index is 12.0. The minimum atomic E-state index is -3.23. The Morgan fingerprint density at radius 3 is 3.00 bits per heavy atom. The maximum Gasteiger partial charge on any atom is 0.229 e. The average Bonchev–Trinajstić information content (AvgIpc) is 2.58. The van der Waals surface area contributed by atoms with Crippen LogP contribution in [0.3, 0.4) is 0 Å². The summed E-state index contributed by atoms with van der Waals surface area (Å²) in [5.41, 5.74) is 0. The quantitative estimate of drug-likeness (QED) is 0.840. The molecule has 0 spiro atoms. The van der Waals surface area contributed by atoms with Gasteiger partial charge in [0, 0.05) is 19.6 Å². The molecule has 1 N–H and O–H groups in total. The van der Waals surface area contributed by atoms with Gasteiger partial charge in [0.25, 0.3) is 0 Å². The van der Waals surface area contributed by atoms with E-state index in [0.29, 0.717) is 15.9 Å². The molecule has 0 bridgehead atoms. The van der Waals surface area contributed by atoms with Crippen LogP contribution in [-0.2, 0) is 21.2 Å². The van der Waals surface area contributed by atoms with Crippen molar-refractivity contribution in [1.82, 2.24) is 14.6 Å². The standard InChI is InChI=1S/C9H12ClN3O3S2/c10-7-6-11-8(17-7)5-9(14)13-2-1-12-18(15,16)4-3-13/h6,12H,1-5H2. The smallest absolute Gasteiger partial charge is 0.229 e. The third-order valence-corrected chi connectivity index (χ3v) is 4.99. The van der Waals surface area contributed by atoms with Gasteiger partial charge in [0.05, 0.1) is 18.4 Å². The van der Waals surface area contributed by atoms with Crippen molar-refractivity contribution >= 4 is 38.9 Å². The van der Waals surface area contributed by atoms with Crippen LogP contribution in [0, 0.1) is 0 Å². The van der Waals surface area contributed by atoms with E-state index in [2.05, 4.69) is 9.71 Å². The number of hydrogen-bond donors (Lipinski definition) is 1. The minimum absolute atomic E-state index is 0.0582. The Labute approximate surface area is 114 Å². The van der Waals surface area contributed by atoms with Gasteiger partial charge in [-0.05, 0) is 0 Å². The fourth-order valence-electron chi connectivity index (χ4n) is 1.61. The fourth-order valence-corrected chi connectivity index (χ4v) is 3.57. The van der Waals surface area contributed by atoms with Gasteiger partial charge in [-0.3, -0.25) is 4.79 Å². The van der Waals surface area contributed by atoms with E-state index in [0.717, 1.165) is 0 Å². The summed E-state index contributed by atoms with van der Waals surface area (Å²) in [6.45, 7) is 0.858. The Bertz CT molecular complexity index is 543. The van der Waals surface area contributed by atoms with Gasteiger partial charge in [-0.25, -0.2) is 18.1 Å². The SMILES string of the molecule is O=C(Cc1ncc(Cl)s1)N1CCNS(=O)(=O)CC1. The van der Waals surface area contributed by atoms with E-state index in [1.807, 2.05) is 0 Å². The molecule has 100 valence electrons. The molecular weight excluding hydrogens is 298 g/mol. The summed E-state index contributed by atoms with van der Waals surface area (Å²) in [5.74, 6) is -0.183. The topological polar surface area (TPSA) is 79.4 Å². The van der Waals surface area contributed by atoms with E-state index in [-0.39, 0.29) is 31.2 Å². The highest BCUT2D eigenvalue weighted by molar-refractivity contribution is 7.89. The van der Waals surface area contributed by atoms with Crippen molar-refractivity contribution in [2.45, 2.75) is 6.42 Å². The van der Waals surface area contributed by atoms with Gasteiger partial charge in [-0.1, -0.05) is 11.6 Å². The summed E-state index contributed by atoms with van der Waals surface area (Å²) >= 11 is 6.99. The van der Waals surface area contributed by atoms with Crippen LogP contribution >= 0.6 is 22.9 Å². The highest BCUT2D eigenvalue weighted by Gasteiger charge is 2.22. The molecule has 0 radical (unpaired) electrons. The molecule has 1 aliphatic heterocycles. The van der Waals surface area contributed by atoms with Crippen LogP contribution in [0.5, 0.6) is 0 Å². The van der Waals surface area contributed by atoms with Crippen LogP contribution in [0.1, 0.15) is 5.01 Å². The molecule has 1 aliphatic rings. The van der Waals surface area contributed by atoms with E-state index in [1.165, 1.54) is 22.4 Å². The lowest BCUT2D eigenvalue weighted by atomic mass is 10.3. The van der Waals surface area contributed by atoms with Crippen LogP contribution < -0.4 is 4.72 Å². The molecule has 1 saturated heterocycles. The fraction of sp³-hybridized carbons (Fsp3) is 0.556. The summed E-state index contributed by atoms with van der Waals surface area (Å²) in [4.78, 5) is 17.5. The molecule has 1 amide bonds. The van der Waals surface area contributed by atoms with Gasteiger partial charge in [0.2, 0.25) is 15.9 Å². The number of hydrogen-bond acceptors (Lipinski definition) is 5. The van der Waals surface area contributed by atoms with Crippen molar-refractivity contribution in [2.24, 2.45) is 0 Å². The first-order chi connectivity index (χ1) is 8.46. The van der Waals surface area contributed by atoms with Gasteiger partial charge >= 0.3 is 0 Å². The van der Waals surface area contributed by atoms with Gasteiger partial charge in [0.15, 0.2) is 0 Å². The van der Waals surface area contributed by atoms with E-state index >= 15 is 0 Å². The molecule has 2 heterocycles. The molecular formula is C9H12ClN3O3S2. The van der Waals surface area contributed by atoms with Gasteiger partial charge in [0.1, 0.15) is 9.34 Å². The molecule has 2 rings (SSSR count). The first-order valence-electron chi connectivity index (χ1n) is 5.31. The van der Waals surface area contributed by atoms with Crippen LogP contribution in [-0.4, -0.2) is 49.6 Å². The van der Waals surface area contributed by atoms with Crippen molar-refractivity contribution < 1.29 is 13.2 Å². The van der Waals surface area contributed by atoms with Crippen molar-refractivity contribution in [1.29, 1.82) is 0 Å². The number of nitrogens with zero attached hydrogens (tertiary/aromatic N) is 2. The number of thiazole rings is 1. The minimum Gasteiger partial charge on any atom is -0.340 e. The van der Waals surface area contributed by atoms with Crippen molar-refractivity contribution in [3.63, 3.8) is 0 Å². The van der Waals surface area contributed by atoms with Crippen LogP contribution in [0.2, 0.25) is 4.34 Å². The van der Waals surface area contributed by atoms with Crippen LogP contribution in [0.25, 0.3) is 0 Å². The van der Waals surface area contributed by atoms with Crippen LogP contribution in [0.15, 0.2) is 6.20 Å². The largest absolute Gasteiger partial charge is 0.340 e. The van der Waals surface area contributed by atoms with Crippen molar-refractivity contribution in [3.05, 3.63) is 15.5 Å². The van der Waals surface area contributed by atoms with Gasteiger partial charge < -0.3 is 4.90 Å². The number of carbonyl (C=O) groups excluding carboxylic acids is 1. The summed E-state index contributed by atoms with van der Waals surface area (Å²) in [6, 6.07) is 0. The zero-order valence-corrected chi connectivity index (χ0v) is 11.8. The van der Waals surface area contributed by atoms with E-state index in [9.17, 15) is 13.2 Å². The maximum absolute atomic E-state index is 12.0. The summed E-state index contributed by atoms with van der Waals surface area (Å²) in [7, 11) is -3.23. The number of amides is 1. The monoisotopic (exact) mass is 309 g/mol. The second-order valence-corrected chi connectivity index (χ2v) is 7.50. The number of carbonyl (C=O) groups is 1. The molecule has 0 saturated carbocycles. The Morgan fingerprint density at radius 1 is 1.56 bits per heavy atom. The molecule has 1 aromatic rings. The van der Waals surface area contributed by atoms with Gasteiger partial charge in [-0.15, -0.1) is 11.3 Å². The molecule has 6 nitrogen and oxygen atoms in total. The Balaban J connectivity index is 1.97. The molecule has 0 unspecified atom stereocenters. The molecule has 9 heteroatoms. The second kappa shape index (κ2) is 5.52. The summed E-state index contributed by atoms with van der Waals surface area (Å²) in [6.07, 6.45) is 1.67. The van der Waals surface area contributed by atoms with Crippen molar-refractivity contribution in [3.8, 4) is 0 Å². The molecule has 1 aromatic heterocycles. The molecule has 0 atom stereocenters. The molecule has 1 fully saturated rings. The highest BCUT2D eigenvalue weighted by atomic mass is 35.5. The zero-order chi connectivity index (χ0) is 13.2. The van der Waals surface area contributed by atoms with Crippen molar-refractivity contribution in [2.75, 3.05) is 25.4 Å². The predicted octanol–water partition coefficient (Wildman–Crippen LogP) is 0.101. The molecule has 0 aromatic carbocycles.